The van der Waals surface area contributed by atoms with E-state index in [-0.39, 0.29) is 11.8 Å². The molecule has 0 aliphatic carbocycles. The normalized spacial score (nSPS) is 16.3. The third-order valence-electron chi connectivity index (χ3n) is 6.63. The molecule has 0 bridgehead atoms. The Morgan fingerprint density at radius 3 is 2.18 bits per heavy atom. The Hall–Kier alpha value is -3.58. The smallest absolute Gasteiger partial charge is 0.261 e. The Bertz CT molecular complexity index is 1170. The van der Waals surface area contributed by atoms with Crippen molar-refractivity contribution in [2.24, 2.45) is 0 Å². The number of benzene rings is 2. The van der Waals surface area contributed by atoms with Gasteiger partial charge in [0.25, 0.3) is 11.8 Å². The lowest BCUT2D eigenvalue weighted by Crippen LogP contribution is -2.47. The molecule has 0 atom stereocenters. The van der Waals surface area contributed by atoms with Crippen LogP contribution in [-0.4, -0.2) is 70.9 Å². The second-order valence-corrected chi connectivity index (χ2v) is 8.98. The number of imide groups is 1. The van der Waals surface area contributed by atoms with Crippen molar-refractivity contribution in [2.45, 2.75) is 19.8 Å². The molecule has 3 heterocycles. The number of piperazine rings is 1. The largest absolute Gasteiger partial charge is 0.338 e. The predicted octanol–water partition coefficient (Wildman–Crippen LogP) is 3.65. The zero-order valence-electron chi connectivity index (χ0n) is 19.5. The fourth-order valence-electron chi connectivity index (χ4n) is 4.65. The number of carbonyl (C=O) groups excluding carboxylic acids is 2. The number of carbonyl (C=O) groups is 2. The Morgan fingerprint density at radius 1 is 0.765 bits per heavy atom. The molecule has 7 heteroatoms. The van der Waals surface area contributed by atoms with E-state index in [2.05, 4.69) is 31.9 Å². The van der Waals surface area contributed by atoms with Gasteiger partial charge in [0.05, 0.1) is 11.1 Å². The summed E-state index contributed by atoms with van der Waals surface area (Å²) in [5.41, 5.74) is 4.22. The Balaban J connectivity index is 1.06. The third kappa shape index (κ3) is 4.56. The predicted molar refractivity (Wildman–Crippen MR) is 132 cm³/mol. The number of aryl methyl sites for hydroxylation is 1. The van der Waals surface area contributed by atoms with Gasteiger partial charge >= 0.3 is 0 Å². The summed E-state index contributed by atoms with van der Waals surface area (Å²) in [6, 6.07) is 15.6. The van der Waals surface area contributed by atoms with Crippen LogP contribution in [0.15, 0.2) is 60.9 Å². The van der Waals surface area contributed by atoms with E-state index < -0.39 is 0 Å². The summed E-state index contributed by atoms with van der Waals surface area (Å²) in [5.74, 6) is 0.461. The standard InChI is InChI=1S/C27H29N5O2/c1-20-9-10-23-24(17-20)26(34)32(25(23)33)12-6-5-11-30-13-15-31(16-14-30)27-28-18-22(19-29-27)21-7-3-2-4-8-21/h2-4,7-10,17-19H,5-6,11-16H2,1H3. The molecular formula is C27H29N5O2. The molecule has 2 amide bonds. The Kier molecular flexibility index (Phi) is 6.36. The van der Waals surface area contributed by atoms with Crippen LogP contribution in [0.25, 0.3) is 11.1 Å². The van der Waals surface area contributed by atoms with Crippen molar-refractivity contribution in [1.82, 2.24) is 19.8 Å². The second kappa shape index (κ2) is 9.73. The van der Waals surface area contributed by atoms with Gasteiger partial charge in [-0.1, -0.05) is 42.0 Å². The van der Waals surface area contributed by atoms with Gasteiger partial charge in [-0.15, -0.1) is 0 Å². The Labute approximate surface area is 200 Å². The number of anilines is 1. The molecule has 2 aliphatic heterocycles. The molecule has 5 rings (SSSR count). The van der Waals surface area contributed by atoms with Crippen LogP contribution in [0.5, 0.6) is 0 Å². The molecule has 2 aromatic carbocycles. The highest BCUT2D eigenvalue weighted by atomic mass is 16.2. The molecule has 174 valence electrons. The van der Waals surface area contributed by atoms with E-state index in [0.717, 1.165) is 68.2 Å². The van der Waals surface area contributed by atoms with Crippen LogP contribution in [0.1, 0.15) is 39.1 Å². The van der Waals surface area contributed by atoms with Crippen molar-refractivity contribution in [3.05, 3.63) is 77.6 Å². The molecule has 0 saturated carbocycles. The zero-order valence-corrected chi connectivity index (χ0v) is 19.5. The first-order valence-electron chi connectivity index (χ1n) is 11.9. The van der Waals surface area contributed by atoms with Gasteiger partial charge in [0.15, 0.2) is 0 Å². The molecule has 34 heavy (non-hydrogen) atoms. The van der Waals surface area contributed by atoms with Gasteiger partial charge in [-0.05, 0) is 44.0 Å². The van der Waals surface area contributed by atoms with Crippen molar-refractivity contribution >= 4 is 17.8 Å². The van der Waals surface area contributed by atoms with Crippen molar-refractivity contribution in [1.29, 1.82) is 0 Å². The molecule has 0 spiro atoms. The summed E-state index contributed by atoms with van der Waals surface area (Å²) >= 11 is 0. The summed E-state index contributed by atoms with van der Waals surface area (Å²) < 4.78 is 0. The number of amides is 2. The van der Waals surface area contributed by atoms with Gasteiger partial charge in [-0.25, -0.2) is 9.97 Å². The maximum Gasteiger partial charge on any atom is 0.261 e. The average Bonchev–Trinajstić information content (AvgIpc) is 3.11. The maximum absolute atomic E-state index is 12.6. The molecule has 0 N–H and O–H groups in total. The number of unbranched alkanes of at least 4 members (excludes halogenated alkanes) is 1. The first kappa shape index (κ1) is 22.2. The fourth-order valence-corrected chi connectivity index (χ4v) is 4.65. The quantitative estimate of drug-likeness (QED) is 0.400. The number of hydrogen-bond acceptors (Lipinski definition) is 6. The summed E-state index contributed by atoms with van der Waals surface area (Å²) in [7, 11) is 0. The average molecular weight is 456 g/mol. The maximum atomic E-state index is 12.6. The van der Waals surface area contributed by atoms with Crippen molar-refractivity contribution < 1.29 is 9.59 Å². The van der Waals surface area contributed by atoms with E-state index in [1.165, 1.54) is 4.90 Å². The van der Waals surface area contributed by atoms with Crippen molar-refractivity contribution in [3.8, 4) is 11.1 Å². The molecular weight excluding hydrogens is 426 g/mol. The lowest BCUT2D eigenvalue weighted by molar-refractivity contribution is 0.0650. The molecule has 1 saturated heterocycles. The van der Waals surface area contributed by atoms with Gasteiger partial charge in [0.1, 0.15) is 0 Å². The summed E-state index contributed by atoms with van der Waals surface area (Å²) in [6.07, 6.45) is 5.55. The topological polar surface area (TPSA) is 69.6 Å². The highest BCUT2D eigenvalue weighted by Crippen LogP contribution is 2.24. The Morgan fingerprint density at radius 2 is 1.44 bits per heavy atom. The number of rotatable bonds is 7. The van der Waals surface area contributed by atoms with Crippen LogP contribution in [-0.2, 0) is 0 Å². The van der Waals surface area contributed by atoms with E-state index in [1.807, 2.05) is 49.6 Å². The molecule has 2 aliphatic rings. The van der Waals surface area contributed by atoms with Gasteiger partial charge in [0.2, 0.25) is 5.95 Å². The van der Waals surface area contributed by atoms with E-state index >= 15 is 0 Å². The van der Waals surface area contributed by atoms with Crippen LogP contribution in [0.2, 0.25) is 0 Å². The summed E-state index contributed by atoms with van der Waals surface area (Å²) in [6.45, 7) is 7.07. The monoisotopic (exact) mass is 455 g/mol. The van der Waals surface area contributed by atoms with Crippen LogP contribution in [0.3, 0.4) is 0 Å². The highest BCUT2D eigenvalue weighted by Gasteiger charge is 2.34. The first-order chi connectivity index (χ1) is 16.6. The van der Waals surface area contributed by atoms with Crippen molar-refractivity contribution in [2.75, 3.05) is 44.2 Å². The van der Waals surface area contributed by atoms with E-state index in [9.17, 15) is 9.59 Å². The van der Waals surface area contributed by atoms with Crippen molar-refractivity contribution in [3.63, 3.8) is 0 Å². The number of hydrogen-bond donors (Lipinski definition) is 0. The fraction of sp³-hybridized carbons (Fsp3) is 0.333. The molecule has 7 nitrogen and oxygen atoms in total. The zero-order chi connectivity index (χ0) is 23.5. The van der Waals surface area contributed by atoms with Crippen LogP contribution < -0.4 is 4.90 Å². The SMILES string of the molecule is Cc1ccc2c(c1)C(=O)N(CCCCN1CCN(c3ncc(-c4ccccc4)cn3)CC1)C2=O. The van der Waals surface area contributed by atoms with Crippen LogP contribution >= 0.6 is 0 Å². The van der Waals surface area contributed by atoms with E-state index in [1.54, 1.807) is 6.07 Å². The summed E-state index contributed by atoms with van der Waals surface area (Å²) in [5, 5.41) is 0. The van der Waals surface area contributed by atoms with Gasteiger partial charge in [0, 0.05) is 50.7 Å². The second-order valence-electron chi connectivity index (χ2n) is 8.98. The van der Waals surface area contributed by atoms with Gasteiger partial charge in [-0.3, -0.25) is 19.4 Å². The van der Waals surface area contributed by atoms with E-state index in [0.29, 0.717) is 17.7 Å². The lowest BCUT2D eigenvalue weighted by Gasteiger charge is -2.34. The van der Waals surface area contributed by atoms with E-state index in [4.69, 9.17) is 0 Å². The van der Waals surface area contributed by atoms with Gasteiger partial charge in [-0.2, -0.15) is 0 Å². The molecule has 3 aromatic rings. The van der Waals surface area contributed by atoms with Crippen LogP contribution in [0, 0.1) is 6.92 Å². The van der Waals surface area contributed by atoms with Gasteiger partial charge < -0.3 is 4.90 Å². The first-order valence-corrected chi connectivity index (χ1v) is 11.9. The molecule has 0 radical (unpaired) electrons. The molecule has 0 unspecified atom stereocenters. The highest BCUT2D eigenvalue weighted by molar-refractivity contribution is 6.21. The number of aromatic nitrogens is 2. The van der Waals surface area contributed by atoms with Crippen LogP contribution in [0.4, 0.5) is 5.95 Å². The molecule has 1 fully saturated rings. The lowest BCUT2D eigenvalue weighted by atomic mass is 10.1. The number of nitrogens with zero attached hydrogens (tertiary/aromatic N) is 5. The third-order valence-corrected chi connectivity index (χ3v) is 6.63. The minimum absolute atomic E-state index is 0.157. The molecule has 1 aromatic heterocycles. The summed E-state index contributed by atoms with van der Waals surface area (Å²) in [4.78, 5) is 40.4. The minimum atomic E-state index is -0.160. The minimum Gasteiger partial charge on any atom is -0.338 e. The number of fused-ring (bicyclic) bond motifs is 1.